The van der Waals surface area contributed by atoms with Crippen LogP contribution in [0, 0.1) is 13.8 Å². The molecule has 29 heavy (non-hydrogen) atoms. The van der Waals surface area contributed by atoms with E-state index in [1.165, 1.54) is 22.6 Å². The highest BCUT2D eigenvalue weighted by Crippen LogP contribution is 2.28. The first-order chi connectivity index (χ1) is 13.9. The van der Waals surface area contributed by atoms with E-state index in [0.717, 1.165) is 24.5 Å². The van der Waals surface area contributed by atoms with E-state index in [2.05, 4.69) is 53.2 Å². The van der Waals surface area contributed by atoms with E-state index < -0.39 is 5.97 Å². The number of rotatable bonds is 6. The number of nitrogens with zero attached hydrogens (tertiary/aromatic N) is 2. The van der Waals surface area contributed by atoms with Gasteiger partial charge in [-0.3, -0.25) is 9.69 Å². The Bertz CT molecular complexity index is 863. The van der Waals surface area contributed by atoms with Crippen LogP contribution in [-0.4, -0.2) is 55.6 Å². The number of aryl methyl sites for hydroxylation is 2. The van der Waals surface area contributed by atoms with E-state index >= 15 is 0 Å². The summed E-state index contributed by atoms with van der Waals surface area (Å²) in [5, 5.41) is 3.47. The Labute approximate surface area is 176 Å². The van der Waals surface area contributed by atoms with Crippen molar-refractivity contribution in [2.24, 2.45) is 0 Å². The monoisotopic (exact) mass is 415 g/mol. The summed E-state index contributed by atoms with van der Waals surface area (Å²) in [5.74, 6) is -0.499. The number of carbonyl (C=O) groups excluding carboxylic acids is 2. The minimum atomic E-state index is -0.396. The molecule has 1 amide bonds. The van der Waals surface area contributed by atoms with Gasteiger partial charge in [-0.05, 0) is 45.9 Å². The molecule has 0 saturated carbocycles. The molecule has 2 heterocycles. The van der Waals surface area contributed by atoms with Crippen LogP contribution in [0.3, 0.4) is 0 Å². The highest BCUT2D eigenvalue weighted by molar-refractivity contribution is 7.16. The van der Waals surface area contributed by atoms with E-state index in [9.17, 15) is 9.59 Å². The zero-order valence-electron chi connectivity index (χ0n) is 17.5. The molecule has 1 aromatic heterocycles. The van der Waals surface area contributed by atoms with Crippen LogP contribution in [-0.2, 0) is 9.53 Å². The Hall–Kier alpha value is -2.38. The number of thiophene rings is 1. The maximum Gasteiger partial charge on any atom is 0.341 e. The minimum absolute atomic E-state index is 0.103. The normalized spacial score (nSPS) is 17.2. The maximum atomic E-state index is 12.6. The van der Waals surface area contributed by atoms with Gasteiger partial charge in [0.2, 0.25) is 5.91 Å². The molecule has 3 rings (SSSR count). The van der Waals surface area contributed by atoms with Crippen molar-refractivity contribution in [2.75, 3.05) is 43.0 Å². The summed E-state index contributed by atoms with van der Waals surface area (Å²) in [6.45, 7) is 11.1. The third-order valence-corrected chi connectivity index (χ3v) is 6.01. The summed E-state index contributed by atoms with van der Waals surface area (Å²) >= 11 is 1.40. The predicted molar refractivity (Wildman–Crippen MR) is 118 cm³/mol. The minimum Gasteiger partial charge on any atom is -0.462 e. The van der Waals surface area contributed by atoms with Crippen LogP contribution in [0.4, 0.5) is 10.7 Å². The molecule has 6 nitrogen and oxygen atoms in total. The molecule has 1 aliphatic rings. The van der Waals surface area contributed by atoms with Gasteiger partial charge >= 0.3 is 5.97 Å². The fourth-order valence-corrected chi connectivity index (χ4v) is 4.55. The van der Waals surface area contributed by atoms with Crippen molar-refractivity contribution in [3.8, 4) is 0 Å². The summed E-state index contributed by atoms with van der Waals surface area (Å²) in [6, 6.07) is 10.7. The topological polar surface area (TPSA) is 61.9 Å². The molecular weight excluding hydrogens is 386 g/mol. The van der Waals surface area contributed by atoms with Gasteiger partial charge in [-0.25, -0.2) is 4.79 Å². The highest BCUT2D eigenvalue weighted by Gasteiger charge is 2.26. The quantitative estimate of drug-likeness (QED) is 0.729. The van der Waals surface area contributed by atoms with Crippen molar-refractivity contribution >= 4 is 33.9 Å². The van der Waals surface area contributed by atoms with Crippen molar-refractivity contribution in [1.29, 1.82) is 0 Å². The second-order valence-electron chi connectivity index (χ2n) is 7.48. The molecule has 1 unspecified atom stereocenters. The van der Waals surface area contributed by atoms with Crippen LogP contribution in [0.5, 0.6) is 0 Å². The number of piperazine rings is 1. The van der Waals surface area contributed by atoms with Gasteiger partial charge in [-0.2, -0.15) is 0 Å². The smallest absolute Gasteiger partial charge is 0.341 e. The van der Waals surface area contributed by atoms with Crippen LogP contribution in [0.2, 0.25) is 0 Å². The number of esters is 1. The van der Waals surface area contributed by atoms with Crippen molar-refractivity contribution in [2.45, 2.75) is 33.7 Å². The first-order valence-corrected chi connectivity index (χ1v) is 10.8. The van der Waals surface area contributed by atoms with E-state index in [0.29, 0.717) is 29.8 Å². The summed E-state index contributed by atoms with van der Waals surface area (Å²) < 4.78 is 5.09. The largest absolute Gasteiger partial charge is 0.462 e. The Morgan fingerprint density at radius 3 is 2.59 bits per heavy atom. The Kier molecular flexibility index (Phi) is 6.92. The zero-order valence-corrected chi connectivity index (χ0v) is 18.3. The third-order valence-electron chi connectivity index (χ3n) is 5.05. The number of benzene rings is 1. The number of carbonyl (C=O) groups is 2. The molecule has 1 fully saturated rings. The number of ether oxygens (including phenoxy) is 1. The summed E-state index contributed by atoms with van der Waals surface area (Å²) in [6.07, 6.45) is 0. The van der Waals surface area contributed by atoms with Crippen molar-refractivity contribution < 1.29 is 14.3 Å². The van der Waals surface area contributed by atoms with E-state index in [1.54, 1.807) is 13.0 Å². The van der Waals surface area contributed by atoms with Crippen LogP contribution in [0.1, 0.15) is 34.6 Å². The lowest BCUT2D eigenvalue weighted by Crippen LogP contribution is -2.53. The lowest BCUT2D eigenvalue weighted by Gasteiger charge is -2.41. The van der Waals surface area contributed by atoms with Gasteiger partial charge in [0.05, 0.1) is 18.7 Å². The van der Waals surface area contributed by atoms with Crippen molar-refractivity contribution in [1.82, 2.24) is 4.90 Å². The van der Waals surface area contributed by atoms with E-state index in [1.807, 2.05) is 6.92 Å². The standard InChI is InChI=1S/C22H29N3O3S/c1-5-28-22(27)19-12-17(4)29-21(19)23-20(26)14-24-10-11-25(16(3)13-24)18-8-6-15(2)7-9-18/h6-9,12,16H,5,10-11,13-14H2,1-4H3,(H,23,26). The maximum absolute atomic E-state index is 12.6. The van der Waals surface area contributed by atoms with Crippen LogP contribution < -0.4 is 10.2 Å². The number of anilines is 2. The number of nitrogens with one attached hydrogen (secondary N) is 1. The van der Waals surface area contributed by atoms with Crippen molar-refractivity contribution in [3.05, 3.63) is 46.3 Å². The molecule has 1 N–H and O–H groups in total. The first kappa shape index (κ1) is 21.3. The molecule has 1 atom stereocenters. The molecule has 0 spiro atoms. The highest BCUT2D eigenvalue weighted by atomic mass is 32.1. The second-order valence-corrected chi connectivity index (χ2v) is 8.74. The summed E-state index contributed by atoms with van der Waals surface area (Å²) in [7, 11) is 0. The van der Waals surface area contributed by atoms with Crippen LogP contribution >= 0.6 is 11.3 Å². The molecule has 0 bridgehead atoms. The van der Waals surface area contributed by atoms with E-state index in [-0.39, 0.29) is 5.91 Å². The zero-order chi connectivity index (χ0) is 21.0. The molecular formula is C22H29N3O3S. The lowest BCUT2D eigenvalue weighted by molar-refractivity contribution is -0.117. The van der Waals surface area contributed by atoms with Crippen LogP contribution in [0.15, 0.2) is 30.3 Å². The lowest BCUT2D eigenvalue weighted by atomic mass is 10.1. The van der Waals surface area contributed by atoms with Gasteiger partial charge in [0, 0.05) is 36.2 Å². The van der Waals surface area contributed by atoms with E-state index in [4.69, 9.17) is 4.74 Å². The van der Waals surface area contributed by atoms with Crippen LogP contribution in [0.25, 0.3) is 0 Å². The molecule has 1 aliphatic heterocycles. The first-order valence-electron chi connectivity index (χ1n) is 10.0. The third kappa shape index (κ3) is 5.36. The fraction of sp³-hybridized carbons (Fsp3) is 0.455. The predicted octanol–water partition coefficient (Wildman–Crippen LogP) is 3.69. The Balaban J connectivity index is 1.57. The van der Waals surface area contributed by atoms with Crippen molar-refractivity contribution in [3.63, 3.8) is 0 Å². The second kappa shape index (κ2) is 9.41. The van der Waals surface area contributed by atoms with Gasteiger partial charge in [0.15, 0.2) is 0 Å². The molecule has 1 saturated heterocycles. The molecule has 0 radical (unpaired) electrons. The average molecular weight is 416 g/mol. The van der Waals surface area contributed by atoms with Gasteiger partial charge in [-0.1, -0.05) is 17.7 Å². The fourth-order valence-electron chi connectivity index (χ4n) is 3.63. The molecule has 156 valence electrons. The molecule has 2 aromatic rings. The Morgan fingerprint density at radius 1 is 1.21 bits per heavy atom. The summed E-state index contributed by atoms with van der Waals surface area (Å²) in [5.41, 5.74) is 2.91. The molecule has 0 aliphatic carbocycles. The molecule has 7 heteroatoms. The summed E-state index contributed by atoms with van der Waals surface area (Å²) in [4.78, 5) is 30.2. The SMILES string of the molecule is CCOC(=O)c1cc(C)sc1NC(=O)CN1CCN(c2ccc(C)cc2)C(C)C1. The number of hydrogen-bond acceptors (Lipinski definition) is 6. The number of amides is 1. The van der Waals surface area contributed by atoms with Gasteiger partial charge in [0.1, 0.15) is 5.00 Å². The Morgan fingerprint density at radius 2 is 1.93 bits per heavy atom. The average Bonchev–Trinajstić information content (AvgIpc) is 3.03. The molecule has 1 aromatic carbocycles. The van der Waals surface area contributed by atoms with Gasteiger partial charge < -0.3 is 15.0 Å². The number of hydrogen-bond donors (Lipinski definition) is 1. The van der Waals surface area contributed by atoms with Gasteiger partial charge in [-0.15, -0.1) is 11.3 Å². The van der Waals surface area contributed by atoms with Gasteiger partial charge in [0.25, 0.3) is 0 Å².